The van der Waals surface area contributed by atoms with E-state index in [0.717, 1.165) is 24.0 Å². The van der Waals surface area contributed by atoms with Crippen LogP contribution in [0.15, 0.2) is 77.4 Å². The zero-order valence-corrected chi connectivity index (χ0v) is 22.6. The Morgan fingerprint density at radius 3 is 1.33 bits per heavy atom. The van der Waals surface area contributed by atoms with Crippen LogP contribution in [0.4, 0.5) is 8.78 Å². The second-order valence-electron chi connectivity index (χ2n) is 9.13. The fourth-order valence-electron chi connectivity index (χ4n) is 4.89. The van der Waals surface area contributed by atoms with Crippen LogP contribution in [0.2, 0.25) is 0 Å². The van der Waals surface area contributed by atoms with Crippen molar-refractivity contribution in [3.63, 3.8) is 0 Å². The van der Waals surface area contributed by atoms with Gasteiger partial charge in [0.05, 0.1) is 0 Å². The van der Waals surface area contributed by atoms with Crippen LogP contribution in [0.25, 0.3) is 0 Å². The minimum atomic E-state index is -4.45. The molecule has 0 spiro atoms. The van der Waals surface area contributed by atoms with Crippen molar-refractivity contribution >= 4 is 0 Å². The van der Waals surface area contributed by atoms with Gasteiger partial charge >= 0.3 is 202 Å². The summed E-state index contributed by atoms with van der Waals surface area (Å²) in [5.41, 5.74) is 6.27. The molecule has 5 heteroatoms. The van der Waals surface area contributed by atoms with E-state index in [1.165, 1.54) is 53.1 Å². The van der Waals surface area contributed by atoms with Crippen molar-refractivity contribution in [1.82, 2.24) is 0 Å². The van der Waals surface area contributed by atoms with Crippen molar-refractivity contribution in [3.05, 3.63) is 100 Å². The van der Waals surface area contributed by atoms with Gasteiger partial charge in [0.25, 0.3) is 0 Å². The van der Waals surface area contributed by atoms with Gasteiger partial charge in [-0.2, -0.15) is 0 Å². The predicted molar refractivity (Wildman–Crippen MR) is 126 cm³/mol. The summed E-state index contributed by atoms with van der Waals surface area (Å²) in [5.74, 6) is 0.671. The average Bonchev–Trinajstić information content (AvgIpc) is 3.26. The molecule has 2 aromatic carbocycles. The molecule has 0 atom stereocenters. The molecule has 0 saturated carbocycles. The van der Waals surface area contributed by atoms with E-state index >= 15 is 0 Å². The summed E-state index contributed by atoms with van der Waals surface area (Å²) in [4.78, 5) is 0. The van der Waals surface area contributed by atoms with Crippen LogP contribution in [0.5, 0.6) is 11.5 Å². The summed E-state index contributed by atoms with van der Waals surface area (Å²) in [5, 5.41) is 0. The summed E-state index contributed by atoms with van der Waals surface area (Å²) in [6, 6.07) is 9.24. The molecule has 33 heavy (non-hydrogen) atoms. The van der Waals surface area contributed by atoms with Crippen molar-refractivity contribution in [2.45, 2.75) is 54.4 Å². The van der Waals surface area contributed by atoms with Crippen molar-refractivity contribution in [3.8, 4) is 11.5 Å². The summed E-state index contributed by atoms with van der Waals surface area (Å²) in [6.45, 7) is 12.2. The van der Waals surface area contributed by atoms with Crippen LogP contribution in [0.1, 0.15) is 51.7 Å². The standard InChI is InChI=1S/2C7H7FO.2C7H9.Zr/c2*1-5-4-6(8)2-3-7(5)9;2*1-6-3-4-7(2)5-6;/h2*2-4,9H,1H3;2*3H,4H2,1-2H3;/q;;;;+2/p-2. The summed E-state index contributed by atoms with van der Waals surface area (Å²) < 4.78 is 44.3. The molecule has 0 aromatic heterocycles. The van der Waals surface area contributed by atoms with Gasteiger partial charge in [-0.15, -0.1) is 0 Å². The van der Waals surface area contributed by atoms with Crippen LogP contribution < -0.4 is 5.63 Å². The van der Waals surface area contributed by atoms with Gasteiger partial charge in [-0.25, -0.2) is 0 Å². The van der Waals surface area contributed by atoms with E-state index in [9.17, 15) is 8.78 Å². The third-order valence-corrected chi connectivity index (χ3v) is 16.3. The average molecular weight is 528 g/mol. The van der Waals surface area contributed by atoms with Crippen molar-refractivity contribution in [1.29, 1.82) is 0 Å². The fraction of sp³-hybridized carbons (Fsp3) is 0.286. The van der Waals surface area contributed by atoms with Crippen LogP contribution >= 0.6 is 0 Å². The Labute approximate surface area is 201 Å². The zero-order valence-electron chi connectivity index (χ0n) is 20.1. The molecule has 0 unspecified atom stereocenters. The SMILES string of the molecule is CC1=CCC(C)=[C]1[Zr]([O]c1ccc(F)cc1C)([O]c1ccc(F)cc1C)[C]1=C(C)CC=C1C. The monoisotopic (exact) mass is 526 g/mol. The predicted octanol–water partition coefficient (Wildman–Crippen LogP) is 8.27. The normalized spacial score (nSPS) is 16.4. The Morgan fingerprint density at radius 2 is 1.03 bits per heavy atom. The van der Waals surface area contributed by atoms with Gasteiger partial charge in [-0.3, -0.25) is 0 Å². The number of hydrogen-bond donors (Lipinski definition) is 0. The molecule has 0 N–H and O–H groups in total. The van der Waals surface area contributed by atoms with Crippen LogP contribution in [0, 0.1) is 25.5 Å². The second-order valence-corrected chi connectivity index (χ2v) is 15.6. The first-order valence-corrected chi connectivity index (χ1v) is 15.7. The van der Waals surface area contributed by atoms with E-state index in [1.54, 1.807) is 12.1 Å². The van der Waals surface area contributed by atoms with Gasteiger partial charge in [-0.1, -0.05) is 0 Å². The molecule has 0 saturated heterocycles. The number of hydrogen-bond acceptors (Lipinski definition) is 2. The van der Waals surface area contributed by atoms with E-state index in [-0.39, 0.29) is 11.6 Å². The molecular formula is C28H30F2O2Zr. The molecule has 172 valence electrons. The first kappa shape index (κ1) is 23.9. The van der Waals surface area contributed by atoms with E-state index in [4.69, 9.17) is 5.63 Å². The van der Waals surface area contributed by atoms with E-state index in [0.29, 0.717) is 11.5 Å². The van der Waals surface area contributed by atoms with Crippen molar-refractivity contribution in [2.24, 2.45) is 0 Å². The molecule has 2 aliphatic carbocycles. The van der Waals surface area contributed by atoms with E-state index in [2.05, 4.69) is 39.8 Å². The molecule has 0 radical (unpaired) electrons. The van der Waals surface area contributed by atoms with Gasteiger partial charge in [0.15, 0.2) is 0 Å². The molecule has 0 amide bonds. The number of aryl methyl sites for hydroxylation is 2. The number of allylic oxidation sites excluding steroid dienone is 8. The zero-order chi connectivity index (χ0) is 23.9. The topological polar surface area (TPSA) is 18.5 Å². The third kappa shape index (κ3) is 4.45. The quantitative estimate of drug-likeness (QED) is 0.376. The molecule has 2 aromatic rings. The maximum absolute atomic E-state index is 13.9. The van der Waals surface area contributed by atoms with Gasteiger partial charge in [-0.05, 0) is 0 Å². The minimum absolute atomic E-state index is 0.296. The Hall–Kier alpha value is -2.26. The Balaban J connectivity index is 2.01. The molecule has 2 aliphatic rings. The van der Waals surface area contributed by atoms with Crippen LogP contribution in [-0.4, -0.2) is 0 Å². The van der Waals surface area contributed by atoms with Gasteiger partial charge < -0.3 is 0 Å². The van der Waals surface area contributed by atoms with Crippen LogP contribution in [-0.2, 0) is 21.1 Å². The third-order valence-electron chi connectivity index (χ3n) is 6.51. The van der Waals surface area contributed by atoms with E-state index in [1.807, 2.05) is 13.8 Å². The Bertz CT molecular complexity index is 1150. The molecular weight excluding hydrogens is 498 g/mol. The summed E-state index contributed by atoms with van der Waals surface area (Å²) >= 11 is -4.45. The molecule has 0 bridgehead atoms. The first-order chi connectivity index (χ1) is 15.6. The first-order valence-electron chi connectivity index (χ1n) is 11.3. The van der Waals surface area contributed by atoms with Gasteiger partial charge in [0.1, 0.15) is 0 Å². The number of halogens is 2. The molecule has 4 rings (SSSR count). The fourth-order valence-corrected chi connectivity index (χ4v) is 15.6. The molecule has 0 aliphatic heterocycles. The maximum atomic E-state index is 13.9. The Morgan fingerprint density at radius 1 is 0.636 bits per heavy atom. The molecule has 0 heterocycles. The van der Waals surface area contributed by atoms with E-state index < -0.39 is 21.1 Å². The summed E-state index contributed by atoms with van der Waals surface area (Å²) in [7, 11) is 0. The molecule has 2 nitrogen and oxygen atoms in total. The molecule has 0 fully saturated rings. The second kappa shape index (κ2) is 9.18. The van der Waals surface area contributed by atoms with Crippen LogP contribution in [0.3, 0.4) is 0 Å². The number of benzene rings is 2. The van der Waals surface area contributed by atoms with Crippen molar-refractivity contribution < 1.29 is 35.6 Å². The van der Waals surface area contributed by atoms with Crippen molar-refractivity contribution in [2.75, 3.05) is 0 Å². The Kier molecular flexibility index (Phi) is 6.64. The number of rotatable bonds is 6. The van der Waals surface area contributed by atoms with Gasteiger partial charge in [0, 0.05) is 0 Å². The van der Waals surface area contributed by atoms with Gasteiger partial charge in [0.2, 0.25) is 0 Å². The summed E-state index contributed by atoms with van der Waals surface area (Å²) in [6.07, 6.45) is 6.16.